The molecule has 0 saturated heterocycles. The van der Waals surface area contributed by atoms with Crippen molar-refractivity contribution in [1.82, 2.24) is 0 Å². The first-order valence-electron chi connectivity index (χ1n) is 2.68. The Morgan fingerprint density at radius 1 is 1.56 bits per heavy atom. The molecule has 2 N–H and O–H groups in total. The van der Waals surface area contributed by atoms with E-state index in [1.807, 2.05) is 6.92 Å². The van der Waals surface area contributed by atoms with Crippen molar-refractivity contribution in [3.05, 3.63) is 0 Å². The molecule has 9 heavy (non-hydrogen) atoms. The summed E-state index contributed by atoms with van der Waals surface area (Å²) in [4.78, 5) is 0. The number of hydrogen-bond acceptors (Lipinski definition) is 3. The fourth-order valence-electron chi connectivity index (χ4n) is 0.307. The van der Waals surface area contributed by atoms with Gasteiger partial charge in [-0.1, -0.05) is 6.92 Å². The molecule has 0 aromatic heterocycles. The van der Waals surface area contributed by atoms with Crippen molar-refractivity contribution in [3.8, 4) is 0 Å². The van der Waals surface area contributed by atoms with Crippen LogP contribution in [0.1, 0.15) is 6.92 Å². The molecule has 0 radical (unpaired) electrons. The molecule has 4 heteroatoms. The Hall–Kier alpha value is 1.21. The van der Waals surface area contributed by atoms with E-state index in [1.165, 1.54) is 0 Å². The average molecular weight is 337 g/mol. The summed E-state index contributed by atoms with van der Waals surface area (Å²) in [5.41, 5.74) is 0. The summed E-state index contributed by atoms with van der Waals surface area (Å²) >= 11 is 1.63. The summed E-state index contributed by atoms with van der Waals surface area (Å²) in [6.45, 7) is 1.90. The maximum Gasteiger partial charge on any atom is 0.0861 e. The molecule has 1 unspecified atom stereocenters. The smallest absolute Gasteiger partial charge is 0.0861 e. The van der Waals surface area contributed by atoms with E-state index in [4.69, 9.17) is 10.2 Å². The van der Waals surface area contributed by atoms with E-state index in [9.17, 15) is 0 Å². The molecule has 1 atom stereocenters. The first kappa shape index (κ1) is 12.8. The Kier molecular flexibility index (Phi) is 13.1. The summed E-state index contributed by atoms with van der Waals surface area (Å²) in [5, 5.41) is 17.0. The van der Waals surface area contributed by atoms with Gasteiger partial charge in [-0.05, 0) is 5.75 Å². The topological polar surface area (TPSA) is 40.5 Å². The van der Waals surface area contributed by atoms with Gasteiger partial charge in [0.05, 0.1) is 12.7 Å². The van der Waals surface area contributed by atoms with Gasteiger partial charge in [0, 0.05) is 33.4 Å². The van der Waals surface area contributed by atoms with E-state index in [0.717, 1.165) is 5.75 Å². The van der Waals surface area contributed by atoms with E-state index in [1.54, 1.807) is 11.8 Å². The molecule has 2 nitrogen and oxygen atoms in total. The van der Waals surface area contributed by atoms with Gasteiger partial charge in [0.1, 0.15) is 0 Å². The van der Waals surface area contributed by atoms with E-state index in [-0.39, 0.29) is 34.3 Å². The van der Waals surface area contributed by atoms with Crippen molar-refractivity contribution in [2.45, 2.75) is 13.0 Å². The zero-order chi connectivity index (χ0) is 6.41. The zero-order valence-corrected chi connectivity index (χ0v) is 12.0. The van der Waals surface area contributed by atoms with Crippen LogP contribution in [-0.2, 0) is 27.7 Å². The van der Waals surface area contributed by atoms with Gasteiger partial charge in [-0.3, -0.25) is 0 Å². The van der Waals surface area contributed by atoms with Gasteiger partial charge < -0.3 is 10.2 Å². The molecule has 0 bridgehead atoms. The van der Waals surface area contributed by atoms with Gasteiger partial charge in [0.25, 0.3) is 0 Å². The summed E-state index contributed by atoms with van der Waals surface area (Å²) < 4.78 is 0. The third kappa shape index (κ3) is 9.21. The van der Waals surface area contributed by atoms with Crippen molar-refractivity contribution < 1.29 is 37.9 Å². The Bertz CT molecular complexity index is 54.2. The molecule has 52 valence electrons. The van der Waals surface area contributed by atoms with Gasteiger partial charge >= 0.3 is 0 Å². The van der Waals surface area contributed by atoms with Crippen molar-refractivity contribution in [1.29, 1.82) is 0 Å². The Balaban J connectivity index is 0. The number of hydrogen-bond donors (Lipinski definition) is 2. The molecule has 0 aliphatic carbocycles. The second kappa shape index (κ2) is 9.21. The van der Waals surface area contributed by atoms with Gasteiger partial charge in [0.2, 0.25) is 0 Å². The summed E-state index contributed by atoms with van der Waals surface area (Å²) in [6, 6.07) is 0. The summed E-state index contributed by atoms with van der Waals surface area (Å²) in [7, 11) is 0. The predicted molar refractivity (Wildman–Crippen MR) is 36.1 cm³/mol. The molecular formula is C5H12HgO2S. The first-order chi connectivity index (χ1) is 3.81. The van der Waals surface area contributed by atoms with E-state index < -0.39 is 6.10 Å². The monoisotopic (exact) mass is 338 g/mol. The fraction of sp³-hybridized carbons (Fsp3) is 1.00. The van der Waals surface area contributed by atoms with Crippen molar-refractivity contribution >= 4 is 11.8 Å². The second-order valence-electron chi connectivity index (χ2n) is 1.50. The minimum atomic E-state index is -0.528. The first-order valence-corrected chi connectivity index (χ1v) is 3.83. The van der Waals surface area contributed by atoms with Crippen LogP contribution in [0.4, 0.5) is 0 Å². The van der Waals surface area contributed by atoms with Crippen LogP contribution < -0.4 is 0 Å². The summed E-state index contributed by atoms with van der Waals surface area (Å²) in [5.74, 6) is 1.64. The van der Waals surface area contributed by atoms with Gasteiger partial charge in [0.15, 0.2) is 0 Å². The van der Waals surface area contributed by atoms with Crippen molar-refractivity contribution in [2.24, 2.45) is 0 Å². The third-order valence-electron chi connectivity index (χ3n) is 0.725. The number of thioether (sulfide) groups is 1. The maximum atomic E-state index is 8.72. The van der Waals surface area contributed by atoms with E-state index in [0.29, 0.717) is 5.75 Å². The predicted octanol–water partition coefficient (Wildman–Crippen LogP) is 0.0902. The molecule has 0 spiro atoms. The number of aliphatic hydroxyl groups is 2. The minimum Gasteiger partial charge on any atom is -0.394 e. The van der Waals surface area contributed by atoms with E-state index >= 15 is 0 Å². The van der Waals surface area contributed by atoms with Crippen LogP contribution >= 0.6 is 11.8 Å². The number of rotatable bonds is 4. The molecular weight excluding hydrogens is 325 g/mol. The van der Waals surface area contributed by atoms with E-state index in [2.05, 4.69) is 0 Å². The average Bonchev–Trinajstić information content (AvgIpc) is 1.83. The van der Waals surface area contributed by atoms with Crippen LogP contribution in [0.5, 0.6) is 0 Å². The molecule has 0 heterocycles. The molecule has 0 aromatic carbocycles. The van der Waals surface area contributed by atoms with Gasteiger partial charge in [-0.15, -0.1) is 0 Å². The maximum absolute atomic E-state index is 8.72. The van der Waals surface area contributed by atoms with Crippen LogP contribution in [0, 0.1) is 0 Å². The van der Waals surface area contributed by atoms with Gasteiger partial charge in [-0.2, -0.15) is 11.8 Å². The van der Waals surface area contributed by atoms with Gasteiger partial charge in [-0.25, -0.2) is 0 Å². The quantitative estimate of drug-likeness (QED) is 0.715. The van der Waals surface area contributed by atoms with Crippen LogP contribution in [0.2, 0.25) is 0 Å². The molecule has 0 saturated carbocycles. The van der Waals surface area contributed by atoms with Crippen molar-refractivity contribution in [3.63, 3.8) is 0 Å². The SMILES string of the molecule is CCSCC(O)CO.[Hg]. The van der Waals surface area contributed by atoms with Crippen LogP contribution in [0.25, 0.3) is 0 Å². The Morgan fingerprint density at radius 2 is 2.11 bits per heavy atom. The third-order valence-corrected chi connectivity index (χ3v) is 1.75. The van der Waals surface area contributed by atoms with Crippen molar-refractivity contribution in [2.75, 3.05) is 18.1 Å². The molecule has 0 aliphatic heterocycles. The van der Waals surface area contributed by atoms with Crippen LogP contribution in [-0.4, -0.2) is 34.4 Å². The minimum absolute atomic E-state index is 0. The molecule has 0 rings (SSSR count). The Labute approximate surface area is 80.5 Å². The molecule has 0 amide bonds. The normalized spacial score (nSPS) is 12.3. The molecule has 0 aromatic rings. The van der Waals surface area contributed by atoms with Crippen LogP contribution in [0.3, 0.4) is 0 Å². The standard InChI is InChI=1S/C5H12O2S.Hg/c1-2-8-4-5(7)3-6;/h5-7H,2-4H2,1H3;. The second-order valence-corrected chi connectivity index (χ2v) is 2.81. The molecule has 0 aliphatic rings. The molecule has 0 fully saturated rings. The number of aliphatic hydroxyl groups excluding tert-OH is 2. The largest absolute Gasteiger partial charge is 0.394 e. The van der Waals surface area contributed by atoms with Crippen LogP contribution in [0.15, 0.2) is 0 Å². The summed E-state index contributed by atoms with van der Waals surface area (Å²) in [6.07, 6.45) is -0.528. The zero-order valence-electron chi connectivity index (χ0n) is 5.71. The Morgan fingerprint density at radius 3 is 2.44 bits per heavy atom. The fourth-order valence-corrected chi connectivity index (χ4v) is 0.920.